The maximum absolute atomic E-state index is 11.4. The van der Waals surface area contributed by atoms with Crippen molar-refractivity contribution >= 4 is 17.3 Å². The van der Waals surface area contributed by atoms with Crippen molar-refractivity contribution in [3.63, 3.8) is 0 Å². The number of carbonyl (C=O) groups excluding carboxylic acids is 1. The van der Waals surface area contributed by atoms with E-state index in [-0.39, 0.29) is 6.10 Å². The van der Waals surface area contributed by atoms with Crippen LogP contribution in [0.5, 0.6) is 0 Å². The number of benzene rings is 1. The fraction of sp³-hybridized carbons (Fsp3) is 0.462. The number of primary amides is 1. The van der Waals surface area contributed by atoms with E-state index in [2.05, 4.69) is 17.3 Å². The summed E-state index contributed by atoms with van der Waals surface area (Å²) in [6.07, 6.45) is 0.108. The van der Waals surface area contributed by atoms with Crippen LogP contribution in [0.1, 0.15) is 10.4 Å². The van der Waals surface area contributed by atoms with E-state index in [0.717, 1.165) is 19.7 Å². The number of ether oxygens (including phenoxy) is 1. The van der Waals surface area contributed by atoms with E-state index in [9.17, 15) is 4.79 Å². The normalized spacial score (nSPS) is 20.2. The molecule has 1 heterocycles. The lowest BCUT2D eigenvalue weighted by atomic mass is 10.1. The number of morpholine rings is 1. The Kier molecular flexibility index (Phi) is 4.24. The largest absolute Gasteiger partial charge is 0.399 e. The molecule has 104 valence electrons. The van der Waals surface area contributed by atoms with Gasteiger partial charge in [-0.3, -0.25) is 4.79 Å². The zero-order valence-electron chi connectivity index (χ0n) is 11.1. The van der Waals surface area contributed by atoms with E-state index in [1.54, 1.807) is 18.2 Å². The van der Waals surface area contributed by atoms with Crippen LogP contribution in [0.3, 0.4) is 0 Å². The molecule has 19 heavy (non-hydrogen) atoms. The van der Waals surface area contributed by atoms with Crippen molar-refractivity contribution in [3.8, 4) is 0 Å². The van der Waals surface area contributed by atoms with Crippen molar-refractivity contribution < 1.29 is 9.53 Å². The Labute approximate surface area is 112 Å². The first-order valence-electron chi connectivity index (χ1n) is 6.29. The highest BCUT2D eigenvalue weighted by atomic mass is 16.5. The monoisotopic (exact) mass is 264 g/mol. The van der Waals surface area contributed by atoms with Crippen LogP contribution in [-0.2, 0) is 4.74 Å². The van der Waals surface area contributed by atoms with Crippen LogP contribution in [0.15, 0.2) is 18.2 Å². The van der Waals surface area contributed by atoms with Gasteiger partial charge in [0.1, 0.15) is 0 Å². The molecule has 1 unspecified atom stereocenters. The summed E-state index contributed by atoms with van der Waals surface area (Å²) in [4.78, 5) is 13.6. The molecule has 0 spiro atoms. The number of hydrogen-bond acceptors (Lipinski definition) is 5. The molecule has 1 amide bonds. The van der Waals surface area contributed by atoms with Gasteiger partial charge in [-0.05, 0) is 25.2 Å². The average molecular weight is 264 g/mol. The number of nitrogens with one attached hydrogen (secondary N) is 1. The van der Waals surface area contributed by atoms with Crippen molar-refractivity contribution in [2.75, 3.05) is 44.3 Å². The van der Waals surface area contributed by atoms with E-state index in [0.29, 0.717) is 23.5 Å². The maximum Gasteiger partial charge on any atom is 0.250 e. The maximum atomic E-state index is 11.4. The number of rotatable bonds is 4. The van der Waals surface area contributed by atoms with Crippen molar-refractivity contribution in [1.82, 2.24) is 4.90 Å². The minimum absolute atomic E-state index is 0.108. The molecule has 0 radical (unpaired) electrons. The first-order valence-corrected chi connectivity index (χ1v) is 6.29. The Balaban J connectivity index is 2.01. The average Bonchev–Trinajstić information content (AvgIpc) is 2.37. The summed E-state index contributed by atoms with van der Waals surface area (Å²) >= 11 is 0. The van der Waals surface area contributed by atoms with Gasteiger partial charge in [0, 0.05) is 31.0 Å². The molecule has 1 aliphatic heterocycles. The van der Waals surface area contributed by atoms with E-state index < -0.39 is 5.91 Å². The van der Waals surface area contributed by atoms with Gasteiger partial charge in [0.05, 0.1) is 18.3 Å². The van der Waals surface area contributed by atoms with Gasteiger partial charge in [-0.1, -0.05) is 0 Å². The molecule has 0 bridgehead atoms. The highest BCUT2D eigenvalue weighted by Gasteiger charge is 2.18. The Morgan fingerprint density at radius 2 is 2.37 bits per heavy atom. The molecule has 1 aromatic carbocycles. The number of anilines is 2. The Bertz CT molecular complexity index is 464. The Morgan fingerprint density at radius 1 is 1.58 bits per heavy atom. The molecule has 1 fully saturated rings. The van der Waals surface area contributed by atoms with Gasteiger partial charge in [0.2, 0.25) is 0 Å². The van der Waals surface area contributed by atoms with Crippen LogP contribution in [0, 0.1) is 0 Å². The van der Waals surface area contributed by atoms with Crippen LogP contribution in [0.25, 0.3) is 0 Å². The number of nitrogens with two attached hydrogens (primary N) is 2. The summed E-state index contributed by atoms with van der Waals surface area (Å²) in [5, 5.41) is 3.20. The third-order valence-electron chi connectivity index (χ3n) is 3.17. The fourth-order valence-corrected chi connectivity index (χ4v) is 2.13. The van der Waals surface area contributed by atoms with E-state index in [1.165, 1.54) is 0 Å². The second-order valence-electron chi connectivity index (χ2n) is 4.81. The molecule has 0 aliphatic carbocycles. The Morgan fingerprint density at radius 3 is 3.05 bits per heavy atom. The molecule has 1 saturated heterocycles. The molecule has 0 saturated carbocycles. The van der Waals surface area contributed by atoms with Gasteiger partial charge in [-0.2, -0.15) is 0 Å². The van der Waals surface area contributed by atoms with E-state index in [1.807, 2.05) is 0 Å². The number of nitrogen functional groups attached to an aromatic ring is 1. The lowest BCUT2D eigenvalue weighted by Crippen LogP contribution is -2.43. The van der Waals surface area contributed by atoms with Crippen LogP contribution in [0.2, 0.25) is 0 Å². The zero-order chi connectivity index (χ0) is 13.8. The molecule has 0 aromatic heterocycles. The molecule has 6 heteroatoms. The summed E-state index contributed by atoms with van der Waals surface area (Å²) in [5.41, 5.74) is 12.6. The first kappa shape index (κ1) is 13.6. The topological polar surface area (TPSA) is 93.6 Å². The smallest absolute Gasteiger partial charge is 0.250 e. The van der Waals surface area contributed by atoms with Gasteiger partial charge >= 0.3 is 0 Å². The van der Waals surface area contributed by atoms with Crippen LogP contribution in [-0.4, -0.2) is 50.2 Å². The summed E-state index contributed by atoms with van der Waals surface area (Å²) in [5.74, 6) is -0.489. The van der Waals surface area contributed by atoms with Crippen molar-refractivity contribution in [1.29, 1.82) is 0 Å². The summed E-state index contributed by atoms with van der Waals surface area (Å²) in [6.45, 7) is 3.18. The van der Waals surface area contributed by atoms with Gasteiger partial charge in [0.25, 0.3) is 5.91 Å². The van der Waals surface area contributed by atoms with Crippen LogP contribution >= 0.6 is 0 Å². The van der Waals surface area contributed by atoms with Crippen molar-refractivity contribution in [2.24, 2.45) is 5.73 Å². The third-order valence-corrected chi connectivity index (χ3v) is 3.17. The van der Waals surface area contributed by atoms with Crippen LogP contribution < -0.4 is 16.8 Å². The molecule has 6 nitrogen and oxygen atoms in total. The lowest BCUT2D eigenvalue weighted by molar-refractivity contribution is -0.0117. The van der Waals surface area contributed by atoms with E-state index in [4.69, 9.17) is 16.2 Å². The molecule has 2 rings (SSSR count). The minimum Gasteiger partial charge on any atom is -0.399 e. The molecule has 1 aromatic rings. The second kappa shape index (κ2) is 5.90. The van der Waals surface area contributed by atoms with Gasteiger partial charge in [-0.15, -0.1) is 0 Å². The van der Waals surface area contributed by atoms with Gasteiger partial charge < -0.3 is 26.4 Å². The molecule has 1 atom stereocenters. The minimum atomic E-state index is -0.489. The number of nitrogens with zero attached hydrogens (tertiary/aromatic N) is 1. The van der Waals surface area contributed by atoms with Crippen molar-refractivity contribution in [2.45, 2.75) is 6.10 Å². The number of likely N-dealkylation sites (N-methyl/N-ethyl adjacent to an activating group) is 1. The van der Waals surface area contributed by atoms with Gasteiger partial charge in [-0.25, -0.2) is 0 Å². The lowest BCUT2D eigenvalue weighted by Gasteiger charge is -2.30. The predicted molar refractivity (Wildman–Crippen MR) is 75.1 cm³/mol. The summed E-state index contributed by atoms with van der Waals surface area (Å²) < 4.78 is 5.65. The first-order chi connectivity index (χ1) is 9.06. The predicted octanol–water partition coefficient (Wildman–Crippen LogP) is 0.110. The Hall–Kier alpha value is -1.79. The number of amides is 1. The second-order valence-corrected chi connectivity index (χ2v) is 4.81. The molecular weight excluding hydrogens is 244 g/mol. The van der Waals surface area contributed by atoms with Crippen molar-refractivity contribution in [3.05, 3.63) is 23.8 Å². The van der Waals surface area contributed by atoms with Gasteiger partial charge in [0.15, 0.2) is 0 Å². The standard InChI is InChI=1S/C13H20N4O2/c1-17-4-5-19-10(8-17)7-16-12-3-2-9(14)6-11(12)13(15)18/h2-3,6,10,16H,4-5,7-8,14H2,1H3,(H2,15,18). The summed E-state index contributed by atoms with van der Waals surface area (Å²) in [7, 11) is 2.06. The summed E-state index contributed by atoms with van der Waals surface area (Å²) in [6, 6.07) is 5.09. The number of hydrogen-bond donors (Lipinski definition) is 3. The quantitative estimate of drug-likeness (QED) is 0.671. The zero-order valence-corrected chi connectivity index (χ0v) is 11.1. The third kappa shape index (κ3) is 3.59. The number of carbonyl (C=O) groups is 1. The highest BCUT2D eigenvalue weighted by molar-refractivity contribution is 5.99. The highest BCUT2D eigenvalue weighted by Crippen LogP contribution is 2.18. The fourth-order valence-electron chi connectivity index (χ4n) is 2.13. The van der Waals surface area contributed by atoms with Crippen LogP contribution in [0.4, 0.5) is 11.4 Å². The molecular formula is C13H20N4O2. The SMILES string of the molecule is CN1CCOC(CNc2ccc(N)cc2C(N)=O)C1. The molecule has 5 N–H and O–H groups in total. The molecule has 1 aliphatic rings. The van der Waals surface area contributed by atoms with E-state index >= 15 is 0 Å².